The Morgan fingerprint density at radius 1 is 1.42 bits per heavy atom. The molecule has 1 amide bonds. The zero-order chi connectivity index (χ0) is 14.6. The van der Waals surface area contributed by atoms with E-state index in [2.05, 4.69) is 10.6 Å². The zero-order valence-corrected chi connectivity index (χ0v) is 11.2. The lowest BCUT2D eigenvalue weighted by Crippen LogP contribution is -2.26. The summed E-state index contributed by atoms with van der Waals surface area (Å²) in [6.45, 7) is -0.143. The van der Waals surface area contributed by atoms with Crippen molar-refractivity contribution in [3.05, 3.63) is 28.3 Å². The number of nitrogens with zero attached hydrogens (tertiary/aromatic N) is 1. The summed E-state index contributed by atoms with van der Waals surface area (Å²) < 4.78 is 22.6. The minimum Gasteiger partial charge on any atom is -0.371 e. The predicted molar refractivity (Wildman–Crippen MR) is 68.8 cm³/mol. The first kappa shape index (κ1) is 14.9. The smallest absolute Gasteiger partial charge is 0.293 e. The topological polar surface area (TPSA) is 118 Å². The number of rotatable bonds is 5. The van der Waals surface area contributed by atoms with Gasteiger partial charge in [-0.2, -0.15) is 0 Å². The highest BCUT2D eigenvalue weighted by molar-refractivity contribution is 7.90. The van der Waals surface area contributed by atoms with Crippen LogP contribution in [0.2, 0.25) is 0 Å². The van der Waals surface area contributed by atoms with Gasteiger partial charge in [-0.05, 0) is 12.1 Å². The summed E-state index contributed by atoms with van der Waals surface area (Å²) in [6, 6.07) is 3.47. The van der Waals surface area contributed by atoms with Crippen LogP contribution in [0.4, 0.5) is 11.4 Å². The van der Waals surface area contributed by atoms with Crippen LogP contribution in [0.3, 0.4) is 0 Å². The third-order valence-electron chi connectivity index (χ3n) is 2.31. The standard InChI is InChI=1S/C10H13N3O5S/c1-11-10(14)6-12-8-4-3-7(19(2,17)18)5-9(8)13(15)16/h3-5,12H,6H2,1-2H3,(H,11,14). The van der Waals surface area contributed by atoms with Crippen molar-refractivity contribution in [3.63, 3.8) is 0 Å². The molecule has 0 atom stereocenters. The summed E-state index contributed by atoms with van der Waals surface area (Å²) in [7, 11) is -2.09. The number of likely N-dealkylation sites (N-methyl/N-ethyl adjacent to an activating group) is 1. The lowest BCUT2D eigenvalue weighted by atomic mass is 10.2. The zero-order valence-electron chi connectivity index (χ0n) is 10.3. The Morgan fingerprint density at radius 3 is 2.53 bits per heavy atom. The maximum atomic E-state index is 11.3. The average Bonchev–Trinajstić information content (AvgIpc) is 2.34. The molecule has 0 heterocycles. The number of amides is 1. The molecule has 19 heavy (non-hydrogen) atoms. The summed E-state index contributed by atoms with van der Waals surface area (Å²) in [4.78, 5) is 21.1. The molecule has 1 aromatic carbocycles. The molecule has 8 nitrogen and oxygen atoms in total. The Labute approximate surface area is 109 Å². The summed E-state index contributed by atoms with van der Waals surface area (Å²) in [6.07, 6.45) is 0.962. The molecule has 0 fully saturated rings. The molecule has 0 radical (unpaired) electrons. The summed E-state index contributed by atoms with van der Waals surface area (Å²) in [5, 5.41) is 15.8. The highest BCUT2D eigenvalue weighted by Crippen LogP contribution is 2.27. The molecule has 0 saturated carbocycles. The van der Waals surface area contributed by atoms with Gasteiger partial charge >= 0.3 is 0 Å². The Hall–Kier alpha value is -2.16. The van der Waals surface area contributed by atoms with Crippen molar-refractivity contribution in [2.75, 3.05) is 25.2 Å². The van der Waals surface area contributed by atoms with Crippen LogP contribution in [0.15, 0.2) is 23.1 Å². The number of anilines is 1. The number of hydrogen-bond donors (Lipinski definition) is 2. The van der Waals surface area contributed by atoms with Crippen LogP contribution in [-0.4, -0.2) is 39.1 Å². The number of hydrogen-bond acceptors (Lipinski definition) is 6. The van der Waals surface area contributed by atoms with Gasteiger partial charge in [0.05, 0.1) is 16.4 Å². The average molecular weight is 287 g/mol. The van der Waals surface area contributed by atoms with Gasteiger partial charge in [-0.25, -0.2) is 8.42 Å². The second kappa shape index (κ2) is 5.65. The molecule has 1 rings (SSSR count). The molecule has 0 aromatic heterocycles. The Bertz CT molecular complexity index is 612. The lowest BCUT2D eigenvalue weighted by molar-refractivity contribution is -0.384. The van der Waals surface area contributed by atoms with E-state index < -0.39 is 20.4 Å². The van der Waals surface area contributed by atoms with Gasteiger partial charge in [-0.15, -0.1) is 0 Å². The van der Waals surface area contributed by atoms with E-state index in [0.717, 1.165) is 12.3 Å². The molecular formula is C10H13N3O5S. The third kappa shape index (κ3) is 3.91. The quantitative estimate of drug-likeness (QED) is 0.588. The molecule has 0 aliphatic heterocycles. The van der Waals surface area contributed by atoms with Crippen molar-refractivity contribution in [2.24, 2.45) is 0 Å². The molecular weight excluding hydrogens is 274 g/mol. The van der Waals surface area contributed by atoms with E-state index in [9.17, 15) is 23.3 Å². The van der Waals surface area contributed by atoms with Gasteiger partial charge in [0.2, 0.25) is 5.91 Å². The summed E-state index contributed by atoms with van der Waals surface area (Å²) in [5.74, 6) is -0.346. The van der Waals surface area contributed by atoms with E-state index in [1.54, 1.807) is 0 Å². The van der Waals surface area contributed by atoms with E-state index in [4.69, 9.17) is 0 Å². The predicted octanol–water partition coefficient (Wildman–Crippen LogP) is 0.156. The van der Waals surface area contributed by atoms with Crippen LogP contribution in [-0.2, 0) is 14.6 Å². The minimum atomic E-state index is -3.52. The number of nitrogens with one attached hydrogen (secondary N) is 2. The largest absolute Gasteiger partial charge is 0.371 e. The highest BCUT2D eigenvalue weighted by Gasteiger charge is 2.18. The fourth-order valence-electron chi connectivity index (χ4n) is 1.31. The van der Waals surface area contributed by atoms with Crippen LogP contribution < -0.4 is 10.6 Å². The highest BCUT2D eigenvalue weighted by atomic mass is 32.2. The van der Waals surface area contributed by atoms with Crippen LogP contribution >= 0.6 is 0 Å². The van der Waals surface area contributed by atoms with Crippen molar-refractivity contribution in [2.45, 2.75) is 4.90 Å². The number of nitro benzene ring substituents is 1. The van der Waals surface area contributed by atoms with E-state index in [0.29, 0.717) is 0 Å². The van der Waals surface area contributed by atoms with Crippen LogP contribution in [0.5, 0.6) is 0 Å². The normalized spacial score (nSPS) is 10.8. The van der Waals surface area contributed by atoms with E-state index >= 15 is 0 Å². The number of benzene rings is 1. The number of carbonyl (C=O) groups excluding carboxylic acids is 1. The first-order valence-corrected chi connectivity index (χ1v) is 7.08. The van der Waals surface area contributed by atoms with Crippen LogP contribution in [0, 0.1) is 10.1 Å². The van der Waals surface area contributed by atoms with Gasteiger partial charge in [-0.3, -0.25) is 14.9 Å². The number of sulfone groups is 1. The monoisotopic (exact) mass is 287 g/mol. The van der Waals surface area contributed by atoms with Crippen molar-refractivity contribution in [1.82, 2.24) is 5.32 Å². The number of carbonyl (C=O) groups is 1. The SMILES string of the molecule is CNC(=O)CNc1ccc(S(C)(=O)=O)cc1[N+](=O)[O-]. The Morgan fingerprint density at radius 2 is 2.05 bits per heavy atom. The molecule has 9 heteroatoms. The number of nitro groups is 1. The molecule has 0 aliphatic rings. The fraction of sp³-hybridized carbons (Fsp3) is 0.300. The van der Waals surface area contributed by atoms with E-state index in [1.165, 1.54) is 19.2 Å². The van der Waals surface area contributed by atoms with E-state index in [-0.39, 0.29) is 23.0 Å². The second-order valence-corrected chi connectivity index (χ2v) is 5.75. The van der Waals surface area contributed by atoms with Gasteiger partial charge in [-0.1, -0.05) is 0 Å². The van der Waals surface area contributed by atoms with Gasteiger partial charge in [0.1, 0.15) is 5.69 Å². The van der Waals surface area contributed by atoms with Crippen molar-refractivity contribution in [3.8, 4) is 0 Å². The molecule has 0 unspecified atom stereocenters. The van der Waals surface area contributed by atoms with Gasteiger partial charge < -0.3 is 10.6 Å². The molecule has 0 saturated heterocycles. The molecule has 0 aliphatic carbocycles. The van der Waals surface area contributed by atoms with Crippen molar-refractivity contribution in [1.29, 1.82) is 0 Å². The maximum absolute atomic E-state index is 11.3. The Kier molecular flexibility index (Phi) is 4.43. The molecule has 0 spiro atoms. The molecule has 2 N–H and O–H groups in total. The lowest BCUT2D eigenvalue weighted by Gasteiger charge is -2.07. The van der Waals surface area contributed by atoms with Gasteiger partial charge in [0.15, 0.2) is 9.84 Å². The second-order valence-electron chi connectivity index (χ2n) is 3.73. The first-order chi connectivity index (χ1) is 8.75. The van der Waals surface area contributed by atoms with Crippen LogP contribution in [0.25, 0.3) is 0 Å². The minimum absolute atomic E-state index is 0.0843. The summed E-state index contributed by atoms with van der Waals surface area (Å²) >= 11 is 0. The maximum Gasteiger partial charge on any atom is 0.293 e. The van der Waals surface area contributed by atoms with Gasteiger partial charge in [0.25, 0.3) is 5.69 Å². The Balaban J connectivity index is 3.12. The first-order valence-electron chi connectivity index (χ1n) is 5.18. The van der Waals surface area contributed by atoms with Crippen LogP contribution in [0.1, 0.15) is 0 Å². The molecule has 1 aromatic rings. The fourth-order valence-corrected chi connectivity index (χ4v) is 1.95. The molecule has 104 valence electrons. The third-order valence-corrected chi connectivity index (χ3v) is 3.42. The summed E-state index contributed by atoms with van der Waals surface area (Å²) in [5.41, 5.74) is -0.312. The van der Waals surface area contributed by atoms with Crippen molar-refractivity contribution >= 4 is 27.1 Å². The molecule has 0 bridgehead atoms. The van der Waals surface area contributed by atoms with Gasteiger partial charge in [0, 0.05) is 19.4 Å². The van der Waals surface area contributed by atoms with E-state index in [1.807, 2.05) is 0 Å². The van der Waals surface area contributed by atoms with Crippen molar-refractivity contribution < 1.29 is 18.1 Å².